The molecule has 0 heterocycles. The summed E-state index contributed by atoms with van der Waals surface area (Å²) in [6.07, 6.45) is 4.43. The standard InChI is InChI=1S/C9H14O/c1-6-2-7-4-9(10)5-8(7)3-6/h6-8H,2-5H2,1H3/t6-,7-,8+. The summed E-state index contributed by atoms with van der Waals surface area (Å²) in [6, 6.07) is 0. The molecule has 0 radical (unpaired) electrons. The van der Waals surface area contributed by atoms with E-state index in [1.807, 2.05) is 0 Å². The highest BCUT2D eigenvalue weighted by molar-refractivity contribution is 5.81. The van der Waals surface area contributed by atoms with Crippen LogP contribution in [-0.2, 0) is 4.79 Å². The lowest BCUT2D eigenvalue weighted by molar-refractivity contribution is -0.117. The highest BCUT2D eigenvalue weighted by Gasteiger charge is 2.39. The van der Waals surface area contributed by atoms with Gasteiger partial charge in [-0.15, -0.1) is 0 Å². The van der Waals surface area contributed by atoms with Crippen LogP contribution in [0.3, 0.4) is 0 Å². The van der Waals surface area contributed by atoms with Crippen LogP contribution in [0.1, 0.15) is 32.6 Å². The van der Waals surface area contributed by atoms with Gasteiger partial charge >= 0.3 is 0 Å². The lowest BCUT2D eigenvalue weighted by Crippen LogP contribution is -1.95. The van der Waals surface area contributed by atoms with Crippen LogP contribution < -0.4 is 0 Å². The Kier molecular flexibility index (Phi) is 1.33. The topological polar surface area (TPSA) is 17.1 Å². The van der Waals surface area contributed by atoms with E-state index in [4.69, 9.17) is 0 Å². The summed E-state index contributed by atoms with van der Waals surface area (Å²) in [7, 11) is 0. The van der Waals surface area contributed by atoms with Crippen molar-refractivity contribution in [3.05, 3.63) is 0 Å². The van der Waals surface area contributed by atoms with Crippen molar-refractivity contribution in [2.45, 2.75) is 32.6 Å². The van der Waals surface area contributed by atoms with Crippen LogP contribution in [-0.4, -0.2) is 5.78 Å². The minimum atomic E-state index is 0.516. The zero-order chi connectivity index (χ0) is 7.14. The lowest BCUT2D eigenvalue weighted by atomic mass is 10.0. The van der Waals surface area contributed by atoms with Crippen molar-refractivity contribution in [1.82, 2.24) is 0 Å². The fourth-order valence-corrected chi connectivity index (χ4v) is 2.68. The third-order valence-corrected chi connectivity index (χ3v) is 3.06. The maximum Gasteiger partial charge on any atom is 0.133 e. The molecule has 3 atom stereocenters. The summed E-state index contributed by atoms with van der Waals surface area (Å²) >= 11 is 0. The highest BCUT2D eigenvalue weighted by Crippen LogP contribution is 2.44. The van der Waals surface area contributed by atoms with E-state index in [0.29, 0.717) is 5.78 Å². The first-order valence-corrected chi connectivity index (χ1v) is 4.27. The highest BCUT2D eigenvalue weighted by atomic mass is 16.1. The molecule has 10 heavy (non-hydrogen) atoms. The maximum atomic E-state index is 11.0. The van der Waals surface area contributed by atoms with Gasteiger partial charge in [-0.05, 0) is 30.6 Å². The molecule has 0 aromatic carbocycles. The second kappa shape index (κ2) is 2.08. The smallest absolute Gasteiger partial charge is 0.133 e. The SMILES string of the molecule is C[C@H]1C[C@H]2CC(=O)C[C@H]2C1. The van der Waals surface area contributed by atoms with Gasteiger partial charge in [0.05, 0.1) is 0 Å². The van der Waals surface area contributed by atoms with Crippen LogP contribution in [0.5, 0.6) is 0 Å². The van der Waals surface area contributed by atoms with E-state index in [1.165, 1.54) is 12.8 Å². The summed E-state index contributed by atoms with van der Waals surface area (Å²) in [5.74, 6) is 2.97. The average molecular weight is 138 g/mol. The molecule has 0 saturated heterocycles. The number of hydrogen-bond acceptors (Lipinski definition) is 1. The quantitative estimate of drug-likeness (QED) is 0.500. The first-order chi connectivity index (χ1) is 4.75. The van der Waals surface area contributed by atoms with Gasteiger partial charge in [-0.25, -0.2) is 0 Å². The van der Waals surface area contributed by atoms with E-state index in [-0.39, 0.29) is 0 Å². The van der Waals surface area contributed by atoms with Crippen molar-refractivity contribution in [2.24, 2.45) is 17.8 Å². The molecule has 1 heteroatoms. The fourth-order valence-electron chi connectivity index (χ4n) is 2.68. The van der Waals surface area contributed by atoms with Crippen LogP contribution in [0.25, 0.3) is 0 Å². The molecule has 2 fully saturated rings. The van der Waals surface area contributed by atoms with E-state index in [9.17, 15) is 4.79 Å². The molecule has 0 amide bonds. The molecule has 2 saturated carbocycles. The molecule has 0 aliphatic heterocycles. The van der Waals surface area contributed by atoms with Gasteiger partial charge in [0.2, 0.25) is 0 Å². The Morgan fingerprint density at radius 2 is 1.70 bits per heavy atom. The minimum Gasteiger partial charge on any atom is -0.300 e. The van der Waals surface area contributed by atoms with Gasteiger partial charge in [-0.2, -0.15) is 0 Å². The number of fused-ring (bicyclic) bond motifs is 1. The van der Waals surface area contributed by atoms with E-state index < -0.39 is 0 Å². The zero-order valence-corrected chi connectivity index (χ0v) is 6.47. The average Bonchev–Trinajstić information content (AvgIpc) is 2.21. The molecular weight excluding hydrogens is 124 g/mol. The Hall–Kier alpha value is -0.330. The van der Waals surface area contributed by atoms with E-state index in [2.05, 4.69) is 6.92 Å². The van der Waals surface area contributed by atoms with Crippen LogP contribution in [0.2, 0.25) is 0 Å². The number of hydrogen-bond donors (Lipinski definition) is 0. The monoisotopic (exact) mass is 138 g/mol. The van der Waals surface area contributed by atoms with Crippen LogP contribution in [0.15, 0.2) is 0 Å². The number of carbonyl (C=O) groups excluding carboxylic acids is 1. The summed E-state index contributed by atoms with van der Waals surface area (Å²) in [5.41, 5.74) is 0. The Morgan fingerprint density at radius 1 is 1.20 bits per heavy atom. The number of carbonyl (C=O) groups is 1. The molecule has 2 rings (SSSR count). The summed E-state index contributed by atoms with van der Waals surface area (Å²) in [5, 5.41) is 0. The van der Waals surface area contributed by atoms with Crippen LogP contribution in [0.4, 0.5) is 0 Å². The molecule has 0 aromatic rings. The second-order valence-electron chi connectivity index (χ2n) is 4.04. The van der Waals surface area contributed by atoms with Gasteiger partial charge in [-0.3, -0.25) is 4.79 Å². The Bertz CT molecular complexity index is 146. The number of Topliss-reactive ketones (excluding diaryl/α,β-unsaturated/α-hetero) is 1. The lowest BCUT2D eigenvalue weighted by Gasteiger charge is -2.03. The first-order valence-electron chi connectivity index (χ1n) is 4.27. The van der Waals surface area contributed by atoms with E-state index >= 15 is 0 Å². The molecule has 2 aliphatic carbocycles. The second-order valence-corrected chi connectivity index (χ2v) is 4.04. The van der Waals surface area contributed by atoms with Gasteiger partial charge in [0.25, 0.3) is 0 Å². The number of ketones is 1. The van der Waals surface area contributed by atoms with Crippen LogP contribution >= 0.6 is 0 Å². The maximum absolute atomic E-state index is 11.0. The third kappa shape index (κ3) is 0.882. The summed E-state index contributed by atoms with van der Waals surface area (Å²) in [6.45, 7) is 2.31. The molecule has 56 valence electrons. The predicted octanol–water partition coefficient (Wildman–Crippen LogP) is 2.01. The van der Waals surface area contributed by atoms with Gasteiger partial charge in [0.15, 0.2) is 0 Å². The van der Waals surface area contributed by atoms with Crippen molar-refractivity contribution in [3.8, 4) is 0 Å². The normalized spacial score (nSPS) is 46.1. The van der Waals surface area contributed by atoms with Crippen molar-refractivity contribution in [3.63, 3.8) is 0 Å². The van der Waals surface area contributed by atoms with Crippen molar-refractivity contribution >= 4 is 5.78 Å². The number of rotatable bonds is 0. The van der Waals surface area contributed by atoms with Crippen molar-refractivity contribution < 1.29 is 4.79 Å². The summed E-state index contributed by atoms with van der Waals surface area (Å²) in [4.78, 5) is 11.0. The minimum absolute atomic E-state index is 0.516. The molecule has 0 aromatic heterocycles. The molecule has 0 spiro atoms. The molecule has 0 bridgehead atoms. The Morgan fingerprint density at radius 3 is 2.20 bits per heavy atom. The largest absolute Gasteiger partial charge is 0.300 e. The Balaban J connectivity index is 2.06. The fraction of sp³-hybridized carbons (Fsp3) is 0.889. The van der Waals surface area contributed by atoms with Crippen molar-refractivity contribution in [2.75, 3.05) is 0 Å². The van der Waals surface area contributed by atoms with Gasteiger partial charge in [-0.1, -0.05) is 6.92 Å². The third-order valence-electron chi connectivity index (χ3n) is 3.06. The van der Waals surface area contributed by atoms with E-state index in [1.54, 1.807) is 0 Å². The molecular formula is C9H14O. The summed E-state index contributed by atoms with van der Waals surface area (Å²) < 4.78 is 0. The molecule has 0 N–H and O–H groups in total. The predicted molar refractivity (Wildman–Crippen MR) is 39.6 cm³/mol. The van der Waals surface area contributed by atoms with E-state index in [0.717, 1.165) is 30.6 Å². The molecule has 2 aliphatic rings. The first kappa shape index (κ1) is 6.38. The van der Waals surface area contributed by atoms with Gasteiger partial charge in [0, 0.05) is 12.8 Å². The van der Waals surface area contributed by atoms with Crippen LogP contribution in [0, 0.1) is 17.8 Å². The molecule has 0 unspecified atom stereocenters. The molecule has 1 nitrogen and oxygen atoms in total. The van der Waals surface area contributed by atoms with Gasteiger partial charge in [0.1, 0.15) is 5.78 Å². The Labute approximate surface area is 61.8 Å². The van der Waals surface area contributed by atoms with Gasteiger partial charge < -0.3 is 0 Å². The van der Waals surface area contributed by atoms with Crippen molar-refractivity contribution in [1.29, 1.82) is 0 Å². The zero-order valence-electron chi connectivity index (χ0n) is 6.47.